The van der Waals surface area contributed by atoms with Gasteiger partial charge in [-0.1, -0.05) is 19.8 Å². The molecule has 4 rings (SSSR count). The first kappa shape index (κ1) is 23.3. The third kappa shape index (κ3) is 4.50. The van der Waals surface area contributed by atoms with Crippen LogP contribution in [0.4, 0.5) is 0 Å². The predicted octanol–water partition coefficient (Wildman–Crippen LogP) is 3.55. The number of hydrogen-bond donors (Lipinski definition) is 1. The average molecular weight is 458 g/mol. The lowest BCUT2D eigenvalue weighted by Gasteiger charge is -2.31. The van der Waals surface area contributed by atoms with Crippen LogP contribution in [0.2, 0.25) is 0 Å². The Balaban J connectivity index is 1.77. The second-order valence-electron chi connectivity index (χ2n) is 9.05. The number of pyridine rings is 1. The summed E-state index contributed by atoms with van der Waals surface area (Å²) in [5.41, 5.74) is 1.50. The van der Waals surface area contributed by atoms with Gasteiger partial charge in [0.05, 0.1) is 24.3 Å². The fourth-order valence-electron chi connectivity index (χ4n) is 4.82. The molecule has 1 aromatic heterocycles. The molecule has 3 heterocycles. The van der Waals surface area contributed by atoms with Gasteiger partial charge in [0, 0.05) is 38.1 Å². The van der Waals surface area contributed by atoms with E-state index in [9.17, 15) is 14.7 Å². The largest absolute Gasteiger partial charge is 0.489 e. The molecule has 2 aromatic rings. The van der Waals surface area contributed by atoms with E-state index in [0.717, 1.165) is 36.8 Å². The molecule has 8 nitrogen and oxygen atoms in total. The lowest BCUT2D eigenvalue weighted by atomic mass is 9.89. The Kier molecular flexibility index (Phi) is 6.76. The van der Waals surface area contributed by atoms with Gasteiger partial charge in [0.25, 0.3) is 0 Å². The van der Waals surface area contributed by atoms with Crippen LogP contribution in [0.1, 0.15) is 48.1 Å². The number of aromatic carboxylic acids is 1. The zero-order valence-electron chi connectivity index (χ0n) is 19.4. The van der Waals surface area contributed by atoms with E-state index in [-0.39, 0.29) is 11.6 Å². The highest BCUT2D eigenvalue weighted by Crippen LogP contribution is 2.44. The van der Waals surface area contributed by atoms with Crippen molar-refractivity contribution in [1.82, 2.24) is 4.57 Å². The Hall–Kier alpha value is -2.84. The zero-order chi connectivity index (χ0) is 23.6. The molecule has 178 valence electrons. The number of fused-ring (bicyclic) bond motifs is 4. The minimum Gasteiger partial charge on any atom is -0.489 e. The topological polar surface area (TPSA) is 96.2 Å². The van der Waals surface area contributed by atoms with E-state index < -0.39 is 16.8 Å². The van der Waals surface area contributed by atoms with Crippen molar-refractivity contribution in [1.29, 1.82) is 0 Å². The second-order valence-corrected chi connectivity index (χ2v) is 9.05. The van der Waals surface area contributed by atoms with Crippen LogP contribution in [-0.2, 0) is 15.9 Å². The number of carboxylic acid groups (broad SMARTS) is 1. The van der Waals surface area contributed by atoms with Crippen LogP contribution in [0.25, 0.3) is 11.3 Å². The number of ether oxygens (including phenoxy) is 4. The second kappa shape index (κ2) is 9.57. The summed E-state index contributed by atoms with van der Waals surface area (Å²) in [6.07, 6.45) is 5.16. The van der Waals surface area contributed by atoms with Crippen LogP contribution in [0.3, 0.4) is 0 Å². The van der Waals surface area contributed by atoms with E-state index in [4.69, 9.17) is 18.9 Å². The van der Waals surface area contributed by atoms with Crippen molar-refractivity contribution < 1.29 is 28.8 Å². The van der Waals surface area contributed by atoms with E-state index in [1.165, 1.54) is 12.3 Å². The SMILES string of the molecule is CCCCC1Cc2cc3c(cc2-c2cc(=O)c(C(=O)O)cn21)OCC(COC)(COC)CO3. The van der Waals surface area contributed by atoms with Gasteiger partial charge in [0.15, 0.2) is 16.9 Å². The maximum Gasteiger partial charge on any atom is 0.341 e. The van der Waals surface area contributed by atoms with Gasteiger partial charge in [-0.3, -0.25) is 4.79 Å². The number of aromatic nitrogens is 1. The number of unbranched alkanes of at least 4 members (excludes halogenated alkanes) is 1. The van der Waals surface area contributed by atoms with E-state index in [2.05, 4.69) is 6.92 Å². The van der Waals surface area contributed by atoms with Gasteiger partial charge in [0.2, 0.25) is 0 Å². The van der Waals surface area contributed by atoms with Crippen LogP contribution in [0.5, 0.6) is 11.5 Å². The number of carbonyl (C=O) groups is 1. The summed E-state index contributed by atoms with van der Waals surface area (Å²) < 4.78 is 25.1. The third-order valence-corrected chi connectivity index (χ3v) is 6.46. The lowest BCUT2D eigenvalue weighted by molar-refractivity contribution is -0.0360. The molecule has 1 atom stereocenters. The molecule has 0 bridgehead atoms. The van der Waals surface area contributed by atoms with Crippen molar-refractivity contribution in [3.05, 3.63) is 45.7 Å². The van der Waals surface area contributed by atoms with Gasteiger partial charge < -0.3 is 28.6 Å². The minimum absolute atomic E-state index is 0.0666. The summed E-state index contributed by atoms with van der Waals surface area (Å²) in [5, 5.41) is 9.48. The van der Waals surface area contributed by atoms with Crippen LogP contribution in [0, 0.1) is 5.41 Å². The number of carboxylic acids is 1. The fraction of sp³-hybridized carbons (Fsp3) is 0.520. The first-order chi connectivity index (χ1) is 15.9. The Labute approximate surface area is 193 Å². The number of nitrogens with zero attached hydrogens (tertiary/aromatic N) is 1. The van der Waals surface area contributed by atoms with Crippen molar-refractivity contribution in [2.45, 2.75) is 38.6 Å². The standard InChI is InChI=1S/C25H31NO7/c1-4-5-6-17-7-16-8-22-23(33-15-25(12-30-2,13-31-3)14-32-22)9-18(16)20-10-21(27)19(24(28)29)11-26(17)20/h8-11,17H,4-7,12-15H2,1-3H3,(H,28,29). The van der Waals surface area contributed by atoms with Gasteiger partial charge in [-0.05, 0) is 30.5 Å². The smallest absolute Gasteiger partial charge is 0.341 e. The first-order valence-electron chi connectivity index (χ1n) is 11.3. The fourth-order valence-corrected chi connectivity index (χ4v) is 4.82. The van der Waals surface area contributed by atoms with Crippen molar-refractivity contribution in [3.8, 4) is 22.8 Å². The van der Waals surface area contributed by atoms with Gasteiger partial charge in [0.1, 0.15) is 18.8 Å². The van der Waals surface area contributed by atoms with E-state index in [0.29, 0.717) is 43.6 Å². The molecule has 33 heavy (non-hydrogen) atoms. The van der Waals surface area contributed by atoms with Gasteiger partial charge in [-0.2, -0.15) is 0 Å². The van der Waals surface area contributed by atoms with Crippen molar-refractivity contribution in [2.75, 3.05) is 40.6 Å². The molecule has 1 N–H and O–H groups in total. The molecule has 0 radical (unpaired) electrons. The Bertz CT molecular complexity index is 1080. The molecular formula is C25H31NO7. The molecule has 8 heteroatoms. The molecule has 0 saturated carbocycles. The van der Waals surface area contributed by atoms with E-state index in [1.54, 1.807) is 14.2 Å². The third-order valence-electron chi connectivity index (χ3n) is 6.46. The highest BCUT2D eigenvalue weighted by atomic mass is 16.5. The monoisotopic (exact) mass is 457 g/mol. The van der Waals surface area contributed by atoms with Gasteiger partial charge in [-0.15, -0.1) is 0 Å². The summed E-state index contributed by atoms with van der Waals surface area (Å²) in [6.45, 7) is 3.76. The molecule has 2 aliphatic rings. The molecular weight excluding hydrogens is 426 g/mol. The van der Waals surface area contributed by atoms with E-state index in [1.807, 2.05) is 16.7 Å². The normalized spacial score (nSPS) is 18.2. The number of benzene rings is 1. The molecule has 0 spiro atoms. The summed E-state index contributed by atoms with van der Waals surface area (Å²) in [5.74, 6) is 0.0489. The number of methoxy groups -OCH3 is 2. The number of hydrogen-bond acceptors (Lipinski definition) is 6. The van der Waals surface area contributed by atoms with Gasteiger partial charge >= 0.3 is 5.97 Å². The Morgan fingerprint density at radius 2 is 1.82 bits per heavy atom. The van der Waals surface area contributed by atoms with Crippen molar-refractivity contribution in [2.24, 2.45) is 5.41 Å². The predicted molar refractivity (Wildman–Crippen MR) is 123 cm³/mol. The molecule has 2 aliphatic heterocycles. The average Bonchev–Trinajstić information content (AvgIpc) is 2.96. The molecule has 0 aliphatic carbocycles. The molecule has 1 unspecified atom stereocenters. The lowest BCUT2D eigenvalue weighted by Crippen LogP contribution is -2.41. The maximum absolute atomic E-state index is 12.6. The highest BCUT2D eigenvalue weighted by Gasteiger charge is 2.37. The van der Waals surface area contributed by atoms with Crippen LogP contribution in [-0.4, -0.2) is 56.3 Å². The summed E-state index contributed by atoms with van der Waals surface area (Å²) in [4.78, 5) is 24.2. The zero-order valence-corrected chi connectivity index (χ0v) is 19.4. The summed E-state index contributed by atoms with van der Waals surface area (Å²) in [6, 6.07) is 5.40. The van der Waals surface area contributed by atoms with E-state index >= 15 is 0 Å². The minimum atomic E-state index is -1.21. The Morgan fingerprint density at radius 3 is 2.42 bits per heavy atom. The molecule has 0 saturated heterocycles. The first-order valence-corrected chi connectivity index (χ1v) is 11.3. The van der Waals surface area contributed by atoms with Crippen molar-refractivity contribution in [3.63, 3.8) is 0 Å². The van der Waals surface area contributed by atoms with Gasteiger partial charge in [-0.25, -0.2) is 4.79 Å². The highest BCUT2D eigenvalue weighted by molar-refractivity contribution is 5.88. The maximum atomic E-state index is 12.6. The number of rotatable bonds is 8. The summed E-state index contributed by atoms with van der Waals surface area (Å²) >= 11 is 0. The molecule has 0 fully saturated rings. The summed E-state index contributed by atoms with van der Waals surface area (Å²) in [7, 11) is 3.29. The van der Waals surface area contributed by atoms with Crippen LogP contribution >= 0.6 is 0 Å². The van der Waals surface area contributed by atoms with Crippen LogP contribution in [0.15, 0.2) is 29.2 Å². The molecule has 0 amide bonds. The van der Waals surface area contributed by atoms with Crippen LogP contribution < -0.4 is 14.9 Å². The van der Waals surface area contributed by atoms with Crippen molar-refractivity contribution >= 4 is 5.97 Å². The quantitative estimate of drug-likeness (QED) is 0.648. The Morgan fingerprint density at radius 1 is 1.15 bits per heavy atom. The molecule has 1 aromatic carbocycles.